The molecule has 5 heteroatoms. The van der Waals surface area contributed by atoms with Gasteiger partial charge in [0.25, 0.3) is 0 Å². The van der Waals surface area contributed by atoms with Gasteiger partial charge < -0.3 is 11.1 Å². The molecular weight excluding hydrogens is 295 g/mol. The largest absolute Gasteiger partial charge is 0.399 e. The van der Waals surface area contributed by atoms with Gasteiger partial charge in [-0.1, -0.05) is 41.4 Å². The first-order valence-corrected chi connectivity index (χ1v) is 6.60. The van der Waals surface area contributed by atoms with Crippen molar-refractivity contribution in [3.05, 3.63) is 64.1 Å². The Kier molecular flexibility index (Phi) is 4.66. The molecule has 0 radical (unpaired) electrons. The standard InChI is InChI=1S/C15H12Cl2N2O/c16-11-7-12(18)9-13(8-11)19-15(20)6-5-10-3-1-2-4-14(10)17/h1-9H,18H2,(H,19,20). The Labute approximate surface area is 127 Å². The Hall–Kier alpha value is -1.97. The van der Waals surface area contributed by atoms with Crippen LogP contribution < -0.4 is 11.1 Å². The predicted molar refractivity (Wildman–Crippen MR) is 85.0 cm³/mol. The summed E-state index contributed by atoms with van der Waals surface area (Å²) in [4.78, 5) is 11.8. The van der Waals surface area contributed by atoms with Crippen LogP contribution in [-0.2, 0) is 4.79 Å². The summed E-state index contributed by atoms with van der Waals surface area (Å²) in [5, 5.41) is 3.73. The quantitative estimate of drug-likeness (QED) is 0.658. The Bertz CT molecular complexity index is 648. The number of nitrogens with two attached hydrogens (primary N) is 1. The molecule has 2 aromatic carbocycles. The summed E-state index contributed by atoms with van der Waals surface area (Å²) in [6.07, 6.45) is 3.05. The summed E-state index contributed by atoms with van der Waals surface area (Å²) in [7, 11) is 0. The number of hydrogen-bond acceptors (Lipinski definition) is 2. The third-order valence-electron chi connectivity index (χ3n) is 2.51. The molecule has 2 aromatic rings. The first kappa shape index (κ1) is 14.4. The maximum atomic E-state index is 11.8. The van der Waals surface area contributed by atoms with Gasteiger partial charge in [0.05, 0.1) is 0 Å². The summed E-state index contributed by atoms with van der Waals surface area (Å²) in [6, 6.07) is 12.1. The number of anilines is 2. The normalized spacial score (nSPS) is 10.7. The first-order chi connectivity index (χ1) is 9.54. The van der Waals surface area contributed by atoms with Gasteiger partial charge in [0.1, 0.15) is 0 Å². The zero-order valence-corrected chi connectivity index (χ0v) is 11.9. The van der Waals surface area contributed by atoms with Gasteiger partial charge >= 0.3 is 0 Å². The lowest BCUT2D eigenvalue weighted by Gasteiger charge is -2.04. The van der Waals surface area contributed by atoms with Crippen LogP contribution in [0.5, 0.6) is 0 Å². The van der Waals surface area contributed by atoms with Crippen LogP contribution in [0.3, 0.4) is 0 Å². The summed E-state index contributed by atoms with van der Waals surface area (Å²) < 4.78 is 0. The Morgan fingerprint density at radius 2 is 1.90 bits per heavy atom. The van der Waals surface area contributed by atoms with E-state index >= 15 is 0 Å². The summed E-state index contributed by atoms with van der Waals surface area (Å²) >= 11 is 11.9. The first-order valence-electron chi connectivity index (χ1n) is 5.84. The molecule has 0 unspecified atom stereocenters. The SMILES string of the molecule is Nc1cc(Cl)cc(NC(=O)C=Cc2ccccc2Cl)c1. The second-order valence-corrected chi connectivity index (χ2v) is 4.96. The van der Waals surface area contributed by atoms with Gasteiger partial charge in [0.2, 0.25) is 5.91 Å². The highest BCUT2D eigenvalue weighted by atomic mass is 35.5. The molecule has 0 bridgehead atoms. The number of carbonyl (C=O) groups is 1. The molecule has 0 atom stereocenters. The van der Waals surface area contributed by atoms with Gasteiger partial charge in [0.15, 0.2) is 0 Å². The summed E-state index contributed by atoms with van der Waals surface area (Å²) in [5.41, 5.74) is 7.46. The molecule has 0 aliphatic rings. The number of nitrogens with one attached hydrogen (secondary N) is 1. The van der Waals surface area contributed by atoms with Crippen LogP contribution in [0.25, 0.3) is 6.08 Å². The molecule has 20 heavy (non-hydrogen) atoms. The van der Waals surface area contributed by atoms with Crippen molar-refractivity contribution in [2.24, 2.45) is 0 Å². The van der Waals surface area contributed by atoms with Crippen LogP contribution in [0.2, 0.25) is 10.0 Å². The smallest absolute Gasteiger partial charge is 0.248 e. The molecule has 0 aromatic heterocycles. The van der Waals surface area contributed by atoms with Gasteiger partial charge in [-0.3, -0.25) is 4.79 Å². The van der Waals surface area contributed by atoms with E-state index in [0.29, 0.717) is 21.4 Å². The van der Waals surface area contributed by atoms with Gasteiger partial charge in [-0.15, -0.1) is 0 Å². The van der Waals surface area contributed by atoms with E-state index in [1.807, 2.05) is 18.2 Å². The van der Waals surface area contributed by atoms with Crippen LogP contribution >= 0.6 is 23.2 Å². The van der Waals surface area contributed by atoms with E-state index in [4.69, 9.17) is 28.9 Å². The van der Waals surface area contributed by atoms with Crippen molar-refractivity contribution < 1.29 is 4.79 Å². The summed E-state index contributed by atoms with van der Waals surface area (Å²) in [5.74, 6) is -0.286. The molecule has 0 aliphatic heterocycles. The highest BCUT2D eigenvalue weighted by Crippen LogP contribution is 2.20. The van der Waals surface area contributed by atoms with Crippen LogP contribution in [0, 0.1) is 0 Å². The van der Waals surface area contributed by atoms with Crippen LogP contribution in [0.1, 0.15) is 5.56 Å². The molecule has 0 saturated carbocycles. The van der Waals surface area contributed by atoms with E-state index in [2.05, 4.69) is 5.32 Å². The maximum Gasteiger partial charge on any atom is 0.248 e. The fourth-order valence-electron chi connectivity index (χ4n) is 1.64. The molecule has 0 fully saturated rings. The molecule has 0 heterocycles. The number of hydrogen-bond donors (Lipinski definition) is 2. The third-order valence-corrected chi connectivity index (χ3v) is 3.07. The van der Waals surface area contributed by atoms with Gasteiger partial charge in [-0.2, -0.15) is 0 Å². The third kappa shape index (κ3) is 4.02. The fraction of sp³-hybridized carbons (Fsp3) is 0. The van der Waals surface area contributed by atoms with Crippen molar-refractivity contribution in [1.82, 2.24) is 0 Å². The predicted octanol–water partition coefficient (Wildman–Crippen LogP) is 4.23. The minimum Gasteiger partial charge on any atom is -0.399 e. The van der Waals surface area contributed by atoms with Crippen molar-refractivity contribution in [3.63, 3.8) is 0 Å². The highest BCUT2D eigenvalue weighted by Gasteiger charge is 2.01. The van der Waals surface area contributed by atoms with E-state index in [9.17, 15) is 4.79 Å². The van der Waals surface area contributed by atoms with E-state index in [1.54, 1.807) is 30.3 Å². The molecule has 3 N–H and O–H groups in total. The van der Waals surface area contributed by atoms with Gasteiger partial charge in [-0.05, 0) is 35.9 Å². The lowest BCUT2D eigenvalue weighted by Crippen LogP contribution is -2.08. The highest BCUT2D eigenvalue weighted by molar-refractivity contribution is 6.32. The molecule has 2 rings (SSSR count). The minimum absolute atomic E-state index is 0.286. The Morgan fingerprint density at radius 3 is 2.60 bits per heavy atom. The average molecular weight is 307 g/mol. The lowest BCUT2D eigenvalue weighted by atomic mass is 10.2. The van der Waals surface area contributed by atoms with Crippen molar-refractivity contribution in [2.75, 3.05) is 11.1 Å². The van der Waals surface area contributed by atoms with Crippen molar-refractivity contribution in [1.29, 1.82) is 0 Å². The summed E-state index contributed by atoms with van der Waals surface area (Å²) in [6.45, 7) is 0. The average Bonchev–Trinajstić information content (AvgIpc) is 2.36. The molecule has 0 spiro atoms. The van der Waals surface area contributed by atoms with E-state index in [0.717, 1.165) is 5.56 Å². The minimum atomic E-state index is -0.286. The van der Waals surface area contributed by atoms with E-state index < -0.39 is 0 Å². The second kappa shape index (κ2) is 6.46. The fourth-order valence-corrected chi connectivity index (χ4v) is 2.09. The van der Waals surface area contributed by atoms with Gasteiger partial charge in [-0.25, -0.2) is 0 Å². The van der Waals surface area contributed by atoms with Crippen LogP contribution in [0.4, 0.5) is 11.4 Å². The number of nitrogen functional groups attached to an aromatic ring is 1. The lowest BCUT2D eigenvalue weighted by molar-refractivity contribution is -0.111. The van der Waals surface area contributed by atoms with Crippen molar-refractivity contribution >= 4 is 46.6 Å². The van der Waals surface area contributed by atoms with E-state index in [-0.39, 0.29) is 5.91 Å². The second-order valence-electron chi connectivity index (χ2n) is 4.12. The molecule has 3 nitrogen and oxygen atoms in total. The van der Waals surface area contributed by atoms with Crippen LogP contribution in [0.15, 0.2) is 48.5 Å². The Balaban J connectivity index is 2.07. The number of halogens is 2. The zero-order valence-electron chi connectivity index (χ0n) is 10.4. The molecule has 102 valence electrons. The topological polar surface area (TPSA) is 55.1 Å². The Morgan fingerprint density at radius 1 is 1.15 bits per heavy atom. The van der Waals surface area contributed by atoms with E-state index in [1.165, 1.54) is 6.08 Å². The number of amides is 1. The number of rotatable bonds is 3. The van der Waals surface area contributed by atoms with Gasteiger partial charge in [0, 0.05) is 27.5 Å². The van der Waals surface area contributed by atoms with Crippen molar-refractivity contribution in [3.8, 4) is 0 Å². The number of carbonyl (C=O) groups excluding carboxylic acids is 1. The molecular formula is C15H12Cl2N2O. The zero-order chi connectivity index (χ0) is 14.5. The molecule has 0 aliphatic carbocycles. The molecule has 1 amide bonds. The van der Waals surface area contributed by atoms with Crippen molar-refractivity contribution in [2.45, 2.75) is 0 Å². The maximum absolute atomic E-state index is 11.8. The number of benzene rings is 2. The molecule has 0 saturated heterocycles. The monoisotopic (exact) mass is 306 g/mol. The van der Waals surface area contributed by atoms with Crippen LogP contribution in [-0.4, -0.2) is 5.91 Å².